The molecule has 25 heavy (non-hydrogen) atoms. The second-order valence-corrected chi connectivity index (χ2v) is 7.16. The van der Waals surface area contributed by atoms with E-state index in [4.69, 9.17) is 23.2 Å². The van der Waals surface area contributed by atoms with Crippen molar-refractivity contribution in [3.63, 3.8) is 0 Å². The molecular formula is C18H13BrCl2N2O2. The van der Waals surface area contributed by atoms with Gasteiger partial charge in [0.2, 0.25) is 0 Å². The maximum atomic E-state index is 11.9. The van der Waals surface area contributed by atoms with Crippen molar-refractivity contribution >= 4 is 45.1 Å². The van der Waals surface area contributed by atoms with Crippen molar-refractivity contribution in [3.8, 4) is 16.9 Å². The molecule has 128 valence electrons. The molecule has 0 aliphatic rings. The number of carboxylic acid groups (broad SMARTS) is 1. The summed E-state index contributed by atoms with van der Waals surface area (Å²) in [7, 11) is 0. The summed E-state index contributed by atoms with van der Waals surface area (Å²) in [6, 6.07) is 12.4. The van der Waals surface area contributed by atoms with Gasteiger partial charge in [0.1, 0.15) is 11.3 Å². The first-order valence-corrected chi connectivity index (χ1v) is 9.03. The van der Waals surface area contributed by atoms with Crippen molar-refractivity contribution in [2.75, 3.05) is 0 Å². The van der Waals surface area contributed by atoms with Crippen LogP contribution in [0, 0.1) is 0 Å². The van der Waals surface area contributed by atoms with E-state index >= 15 is 0 Å². The summed E-state index contributed by atoms with van der Waals surface area (Å²) in [6.07, 6.45) is 0.513. The second kappa shape index (κ2) is 7.20. The van der Waals surface area contributed by atoms with E-state index in [9.17, 15) is 9.90 Å². The number of carboxylic acids is 1. The van der Waals surface area contributed by atoms with Gasteiger partial charge in [-0.15, -0.1) is 0 Å². The monoisotopic (exact) mass is 438 g/mol. The first kappa shape index (κ1) is 18.0. The molecule has 4 nitrogen and oxygen atoms in total. The standard InChI is InChI=1S/C18H13BrCl2N2O2/c1-2-15-16(18(24)25)17(10-7-12(20)9-13(21)8-10)22-23(15)14-5-3-11(19)4-6-14/h3-9H,2H2,1H3,(H,24,25). The molecule has 0 saturated carbocycles. The fourth-order valence-electron chi connectivity index (χ4n) is 2.69. The van der Waals surface area contributed by atoms with Crippen LogP contribution < -0.4 is 0 Å². The van der Waals surface area contributed by atoms with Crippen molar-refractivity contribution in [2.24, 2.45) is 0 Å². The second-order valence-electron chi connectivity index (χ2n) is 5.38. The normalized spacial score (nSPS) is 10.9. The minimum atomic E-state index is -1.04. The fraction of sp³-hybridized carbons (Fsp3) is 0.111. The van der Waals surface area contributed by atoms with Crippen molar-refractivity contribution in [2.45, 2.75) is 13.3 Å². The molecule has 1 N–H and O–H groups in total. The zero-order valence-electron chi connectivity index (χ0n) is 13.1. The highest BCUT2D eigenvalue weighted by molar-refractivity contribution is 9.10. The van der Waals surface area contributed by atoms with E-state index in [2.05, 4.69) is 21.0 Å². The Bertz CT molecular complexity index is 932. The van der Waals surface area contributed by atoms with E-state index in [1.54, 1.807) is 22.9 Å². The maximum absolute atomic E-state index is 11.9. The Kier molecular flexibility index (Phi) is 5.18. The minimum absolute atomic E-state index is 0.156. The summed E-state index contributed by atoms with van der Waals surface area (Å²) >= 11 is 15.5. The average Bonchev–Trinajstić information content (AvgIpc) is 2.94. The first-order valence-electron chi connectivity index (χ1n) is 7.48. The third-order valence-corrected chi connectivity index (χ3v) is 4.70. The van der Waals surface area contributed by atoms with E-state index in [1.165, 1.54) is 0 Å². The molecule has 0 saturated heterocycles. The van der Waals surface area contributed by atoms with Crippen LogP contribution in [-0.4, -0.2) is 20.9 Å². The Balaban J connectivity index is 2.28. The third-order valence-electron chi connectivity index (χ3n) is 3.74. The highest BCUT2D eigenvalue weighted by Crippen LogP contribution is 2.32. The molecule has 0 radical (unpaired) electrons. The van der Waals surface area contributed by atoms with Gasteiger partial charge in [-0.25, -0.2) is 9.48 Å². The summed E-state index contributed by atoms with van der Waals surface area (Å²) in [5.74, 6) is -1.04. The fourth-order valence-corrected chi connectivity index (χ4v) is 3.48. The average molecular weight is 440 g/mol. The Hall–Kier alpha value is -1.82. The van der Waals surface area contributed by atoms with Crippen molar-refractivity contribution in [1.82, 2.24) is 9.78 Å². The van der Waals surface area contributed by atoms with Crippen LogP contribution in [0.25, 0.3) is 16.9 Å². The van der Waals surface area contributed by atoms with Crippen LogP contribution in [0.5, 0.6) is 0 Å². The van der Waals surface area contributed by atoms with Gasteiger partial charge >= 0.3 is 5.97 Å². The predicted molar refractivity (Wildman–Crippen MR) is 103 cm³/mol. The smallest absolute Gasteiger partial charge is 0.339 e. The molecule has 0 amide bonds. The molecule has 3 rings (SSSR count). The topological polar surface area (TPSA) is 55.1 Å². The van der Waals surface area contributed by atoms with Crippen LogP contribution >= 0.6 is 39.1 Å². The largest absolute Gasteiger partial charge is 0.478 e. The number of nitrogens with zero attached hydrogens (tertiary/aromatic N) is 2. The number of hydrogen-bond acceptors (Lipinski definition) is 2. The molecule has 0 unspecified atom stereocenters. The molecule has 0 aliphatic heterocycles. The summed E-state index contributed by atoms with van der Waals surface area (Å²) in [5, 5.41) is 15.2. The third kappa shape index (κ3) is 3.59. The number of aromatic carboxylic acids is 1. The van der Waals surface area contributed by atoms with Gasteiger partial charge in [-0.1, -0.05) is 46.1 Å². The summed E-state index contributed by atoms with van der Waals surface area (Å²) in [6.45, 7) is 1.90. The van der Waals surface area contributed by atoms with Gasteiger partial charge in [-0.2, -0.15) is 5.10 Å². The maximum Gasteiger partial charge on any atom is 0.339 e. The Labute approximate surface area is 163 Å². The van der Waals surface area contributed by atoms with E-state index in [-0.39, 0.29) is 5.56 Å². The van der Waals surface area contributed by atoms with Gasteiger partial charge in [0.25, 0.3) is 0 Å². The number of aromatic nitrogens is 2. The molecule has 3 aromatic rings. The SMILES string of the molecule is CCc1c(C(=O)O)c(-c2cc(Cl)cc(Cl)c2)nn1-c1ccc(Br)cc1. The van der Waals surface area contributed by atoms with Crippen LogP contribution in [0.2, 0.25) is 10.0 Å². The van der Waals surface area contributed by atoms with Crippen LogP contribution in [0.3, 0.4) is 0 Å². The van der Waals surface area contributed by atoms with Crippen LogP contribution in [0.15, 0.2) is 46.9 Å². The molecule has 0 atom stereocenters. The van der Waals surface area contributed by atoms with Gasteiger partial charge in [0, 0.05) is 20.1 Å². The number of carbonyl (C=O) groups is 1. The van der Waals surface area contributed by atoms with Crippen LogP contribution in [-0.2, 0) is 6.42 Å². The Morgan fingerprint density at radius 3 is 2.28 bits per heavy atom. The zero-order valence-corrected chi connectivity index (χ0v) is 16.2. The van der Waals surface area contributed by atoms with Gasteiger partial charge in [0.05, 0.1) is 11.4 Å². The summed E-state index contributed by atoms with van der Waals surface area (Å²) in [4.78, 5) is 11.9. The Morgan fingerprint density at radius 1 is 1.16 bits per heavy atom. The van der Waals surface area contributed by atoms with Crippen LogP contribution in [0.4, 0.5) is 0 Å². The molecular weight excluding hydrogens is 427 g/mol. The number of rotatable bonds is 4. The number of hydrogen-bond donors (Lipinski definition) is 1. The lowest BCUT2D eigenvalue weighted by atomic mass is 10.0. The van der Waals surface area contributed by atoms with Crippen molar-refractivity contribution < 1.29 is 9.90 Å². The van der Waals surface area contributed by atoms with Crippen molar-refractivity contribution in [3.05, 3.63) is 68.2 Å². The van der Waals surface area contributed by atoms with Crippen molar-refractivity contribution in [1.29, 1.82) is 0 Å². The lowest BCUT2D eigenvalue weighted by Crippen LogP contribution is -2.05. The van der Waals surface area contributed by atoms with Crippen LogP contribution in [0.1, 0.15) is 23.0 Å². The quantitative estimate of drug-likeness (QED) is 0.553. The van der Waals surface area contributed by atoms with Gasteiger partial charge < -0.3 is 5.11 Å². The minimum Gasteiger partial charge on any atom is -0.478 e. The van der Waals surface area contributed by atoms with E-state index in [0.29, 0.717) is 33.4 Å². The summed E-state index contributed by atoms with van der Waals surface area (Å²) < 4.78 is 2.58. The molecule has 0 bridgehead atoms. The van der Waals surface area contributed by atoms with Gasteiger partial charge in [-0.3, -0.25) is 0 Å². The molecule has 2 aromatic carbocycles. The molecule has 0 spiro atoms. The first-order chi connectivity index (χ1) is 11.9. The lowest BCUT2D eigenvalue weighted by molar-refractivity contribution is 0.0696. The Morgan fingerprint density at radius 2 is 1.76 bits per heavy atom. The van der Waals surface area contributed by atoms with E-state index in [0.717, 1.165) is 10.2 Å². The highest BCUT2D eigenvalue weighted by atomic mass is 79.9. The summed E-state index contributed by atoms with van der Waals surface area (Å²) in [5.41, 5.74) is 2.46. The molecule has 7 heteroatoms. The molecule has 0 fully saturated rings. The number of halogens is 3. The zero-order chi connectivity index (χ0) is 18.1. The highest BCUT2D eigenvalue weighted by Gasteiger charge is 2.24. The van der Waals surface area contributed by atoms with E-state index < -0.39 is 5.97 Å². The molecule has 1 heterocycles. The predicted octanol–water partition coefficient (Wildman–Crippen LogP) is 5.87. The molecule has 1 aromatic heterocycles. The molecule has 0 aliphatic carbocycles. The van der Waals surface area contributed by atoms with Gasteiger partial charge in [0.15, 0.2) is 0 Å². The number of benzene rings is 2. The van der Waals surface area contributed by atoms with Gasteiger partial charge in [-0.05, 0) is 48.9 Å². The van der Waals surface area contributed by atoms with E-state index in [1.807, 2.05) is 31.2 Å². The lowest BCUT2D eigenvalue weighted by Gasteiger charge is -2.06.